The molecule has 0 fully saturated rings. The first-order chi connectivity index (χ1) is 27.7. The number of nitrogens with one attached hydrogen (secondary N) is 2. The number of carbonyl (C=O) groups is 4. The van der Waals surface area contributed by atoms with Gasteiger partial charge in [-0.2, -0.15) is 0 Å². The molecule has 4 aliphatic rings. The SMILES string of the molecule is COc1cc2c(cc1OCCCOc1cc3c(cc1OC)C(=O)N1c4cc(N(C)C(=O)CCC(=O)NN)ccc4CC1CN3)N=CC1Cc3ccccc3N1C2=O. The summed E-state index contributed by atoms with van der Waals surface area (Å²) in [4.78, 5) is 62.1. The molecule has 15 heteroatoms. The van der Waals surface area contributed by atoms with Crippen molar-refractivity contribution in [1.82, 2.24) is 5.43 Å². The Hall–Kier alpha value is -6.61. The Labute approximate surface area is 329 Å². The number of hydrogen-bond donors (Lipinski definition) is 3. The maximum atomic E-state index is 14.2. The normalized spacial score (nSPS) is 17.1. The van der Waals surface area contributed by atoms with Crippen molar-refractivity contribution in [3.8, 4) is 23.0 Å². The van der Waals surface area contributed by atoms with Crippen molar-refractivity contribution < 1.29 is 38.1 Å². The van der Waals surface area contributed by atoms with Crippen molar-refractivity contribution >= 4 is 58.3 Å². The molecule has 4 amide bonds. The Kier molecular flexibility index (Phi) is 10.1. The van der Waals surface area contributed by atoms with E-state index in [2.05, 4.69) is 10.3 Å². The van der Waals surface area contributed by atoms with Gasteiger partial charge in [0.2, 0.25) is 11.8 Å². The topological polar surface area (TPSA) is 177 Å². The van der Waals surface area contributed by atoms with Crippen LogP contribution in [0, 0.1) is 0 Å². The van der Waals surface area contributed by atoms with E-state index in [1.165, 1.54) is 19.1 Å². The maximum Gasteiger partial charge on any atom is 0.261 e. The summed E-state index contributed by atoms with van der Waals surface area (Å²) in [5.74, 6) is 5.93. The number of carbonyl (C=O) groups excluding carboxylic acids is 4. The Morgan fingerprint density at radius 3 is 2.30 bits per heavy atom. The number of hydrazine groups is 1. The van der Waals surface area contributed by atoms with Crippen LogP contribution in [0.2, 0.25) is 0 Å². The summed E-state index contributed by atoms with van der Waals surface area (Å²) >= 11 is 0. The minimum Gasteiger partial charge on any atom is -0.493 e. The first kappa shape index (κ1) is 37.3. The predicted octanol–water partition coefficient (Wildman–Crippen LogP) is 4.57. The zero-order valence-electron chi connectivity index (χ0n) is 31.9. The van der Waals surface area contributed by atoms with Crippen molar-refractivity contribution in [2.45, 2.75) is 44.2 Å². The van der Waals surface area contributed by atoms with Gasteiger partial charge in [0.1, 0.15) is 0 Å². The molecular formula is C42H43N7O8. The first-order valence-corrected chi connectivity index (χ1v) is 18.8. The zero-order chi connectivity index (χ0) is 39.8. The van der Waals surface area contributed by atoms with Gasteiger partial charge in [0.25, 0.3) is 11.8 Å². The highest BCUT2D eigenvalue weighted by atomic mass is 16.5. The van der Waals surface area contributed by atoms with Crippen LogP contribution in [-0.4, -0.2) is 83.0 Å². The van der Waals surface area contributed by atoms with Crippen LogP contribution in [0.1, 0.15) is 51.1 Å². The number of rotatable bonds is 12. The van der Waals surface area contributed by atoms with E-state index >= 15 is 0 Å². The number of nitrogens with two attached hydrogens (primary N) is 1. The summed E-state index contributed by atoms with van der Waals surface area (Å²) in [6.07, 6.45) is 3.65. The van der Waals surface area contributed by atoms with Gasteiger partial charge in [-0.1, -0.05) is 24.3 Å². The highest BCUT2D eigenvalue weighted by Crippen LogP contribution is 2.43. The van der Waals surface area contributed by atoms with Gasteiger partial charge in [0, 0.05) is 74.7 Å². The van der Waals surface area contributed by atoms with Crippen molar-refractivity contribution in [1.29, 1.82) is 0 Å². The van der Waals surface area contributed by atoms with Crippen LogP contribution in [0.5, 0.6) is 23.0 Å². The molecule has 0 saturated heterocycles. The molecule has 0 aromatic heterocycles. The standard InChI is InChI=1S/C42H43N7O8/c1-47(40(51)12-11-39(50)46-43)26-10-9-25-16-28-23-45-32-21-38(36(55-3)19-30(32)42(53)49(28)34(25)17-26)57-14-6-13-56-37-20-31-29(18-35(37)54-2)41(52)48-27(22-44-31)15-24-7-4-5-8-33(24)48/h4-5,7-10,17-22,27-28,45H,6,11-16,23,43H2,1-3H3,(H,46,50). The average molecular weight is 774 g/mol. The molecule has 0 saturated carbocycles. The summed E-state index contributed by atoms with van der Waals surface area (Å²) < 4.78 is 23.6. The molecule has 2 unspecified atom stereocenters. The third-order valence-corrected chi connectivity index (χ3v) is 10.9. The summed E-state index contributed by atoms with van der Waals surface area (Å²) in [5.41, 5.74) is 8.41. The number of para-hydroxylation sites is 1. The van der Waals surface area contributed by atoms with Gasteiger partial charge in [-0.05, 0) is 47.9 Å². The van der Waals surface area contributed by atoms with Crippen molar-refractivity contribution in [3.63, 3.8) is 0 Å². The van der Waals surface area contributed by atoms with Gasteiger partial charge in [0.15, 0.2) is 23.0 Å². The third-order valence-electron chi connectivity index (χ3n) is 10.9. The van der Waals surface area contributed by atoms with Crippen LogP contribution in [0.4, 0.5) is 28.4 Å². The number of amides is 4. The number of ether oxygens (including phenoxy) is 4. The lowest BCUT2D eigenvalue weighted by atomic mass is 10.1. The second kappa shape index (κ2) is 15.5. The third kappa shape index (κ3) is 6.94. The van der Waals surface area contributed by atoms with Crippen LogP contribution in [0.3, 0.4) is 0 Å². The lowest BCUT2D eigenvalue weighted by molar-refractivity contribution is -0.125. The Morgan fingerprint density at radius 1 is 0.842 bits per heavy atom. The Bertz CT molecular complexity index is 2310. The lowest BCUT2D eigenvalue weighted by Gasteiger charge is -2.24. The maximum absolute atomic E-state index is 14.2. The van der Waals surface area contributed by atoms with Gasteiger partial charge in [-0.15, -0.1) is 0 Å². The highest BCUT2D eigenvalue weighted by molar-refractivity contribution is 6.15. The molecule has 0 radical (unpaired) electrons. The van der Waals surface area contributed by atoms with Gasteiger partial charge in [-0.3, -0.25) is 34.5 Å². The van der Waals surface area contributed by atoms with E-state index < -0.39 is 5.91 Å². The number of anilines is 4. The van der Waals surface area contributed by atoms with E-state index in [4.69, 9.17) is 24.8 Å². The Morgan fingerprint density at radius 2 is 1.54 bits per heavy atom. The molecule has 0 bridgehead atoms. The molecule has 4 aromatic carbocycles. The summed E-state index contributed by atoms with van der Waals surface area (Å²) in [7, 11) is 4.70. The summed E-state index contributed by atoms with van der Waals surface area (Å²) in [6, 6.07) is 20.1. The molecule has 8 rings (SSSR count). The van der Waals surface area contributed by atoms with Crippen LogP contribution in [0.15, 0.2) is 71.7 Å². The van der Waals surface area contributed by atoms with E-state index in [-0.39, 0.29) is 49.3 Å². The van der Waals surface area contributed by atoms with E-state index in [1.54, 1.807) is 41.1 Å². The number of hydrogen-bond acceptors (Lipinski definition) is 11. The summed E-state index contributed by atoms with van der Waals surface area (Å²) in [6.45, 7) is 1.08. The molecule has 4 aromatic rings. The van der Waals surface area contributed by atoms with Crippen LogP contribution in [0.25, 0.3) is 0 Å². The molecule has 294 valence electrons. The van der Waals surface area contributed by atoms with Gasteiger partial charge >= 0.3 is 0 Å². The fourth-order valence-corrected chi connectivity index (χ4v) is 7.87. The second-order valence-corrected chi connectivity index (χ2v) is 14.2. The lowest BCUT2D eigenvalue weighted by Crippen LogP contribution is -2.39. The molecule has 4 N–H and O–H groups in total. The van der Waals surface area contributed by atoms with Crippen molar-refractivity contribution in [3.05, 3.63) is 89.0 Å². The minimum atomic E-state index is -0.422. The largest absolute Gasteiger partial charge is 0.493 e. The first-order valence-electron chi connectivity index (χ1n) is 18.8. The van der Waals surface area contributed by atoms with E-state index in [0.29, 0.717) is 83.6 Å². The highest BCUT2D eigenvalue weighted by Gasteiger charge is 2.39. The van der Waals surface area contributed by atoms with Gasteiger partial charge in [0.05, 0.1) is 62.0 Å². The van der Waals surface area contributed by atoms with Crippen LogP contribution >= 0.6 is 0 Å². The summed E-state index contributed by atoms with van der Waals surface area (Å²) in [5, 5.41) is 3.44. The molecule has 4 aliphatic heterocycles. The molecule has 0 aliphatic carbocycles. The molecule has 0 spiro atoms. The monoisotopic (exact) mass is 773 g/mol. The predicted molar refractivity (Wildman–Crippen MR) is 215 cm³/mol. The minimum absolute atomic E-state index is 0.00565. The molecule has 15 nitrogen and oxygen atoms in total. The Balaban J connectivity index is 0.922. The molecule has 2 atom stereocenters. The van der Waals surface area contributed by atoms with E-state index in [0.717, 1.165) is 22.5 Å². The van der Waals surface area contributed by atoms with Crippen molar-refractivity contribution in [2.75, 3.05) is 61.0 Å². The van der Waals surface area contributed by atoms with E-state index in [1.807, 2.05) is 54.1 Å². The quantitative estimate of drug-likeness (QED) is 0.0800. The number of nitrogens with zero attached hydrogens (tertiary/aromatic N) is 4. The zero-order valence-corrected chi connectivity index (χ0v) is 31.9. The number of fused-ring (bicyclic) bond motifs is 8. The molecular weight excluding hydrogens is 731 g/mol. The average Bonchev–Trinajstić information content (AvgIpc) is 3.72. The molecule has 57 heavy (non-hydrogen) atoms. The second-order valence-electron chi connectivity index (χ2n) is 14.2. The smallest absolute Gasteiger partial charge is 0.261 e. The fraction of sp³-hybridized carbons (Fsp3) is 0.310. The van der Waals surface area contributed by atoms with Gasteiger partial charge in [-0.25, -0.2) is 5.84 Å². The number of benzene rings is 4. The van der Waals surface area contributed by atoms with Gasteiger partial charge < -0.3 is 34.1 Å². The molecule has 4 heterocycles. The fourth-order valence-electron chi connectivity index (χ4n) is 7.87. The van der Waals surface area contributed by atoms with E-state index in [9.17, 15) is 19.2 Å². The van der Waals surface area contributed by atoms with Crippen molar-refractivity contribution in [2.24, 2.45) is 10.8 Å². The number of methoxy groups -OCH3 is 2. The van der Waals surface area contributed by atoms with Crippen LogP contribution in [-0.2, 0) is 22.4 Å². The van der Waals surface area contributed by atoms with Crippen LogP contribution < -0.4 is 50.2 Å². The number of aliphatic imine (C=N–C) groups is 1.